The van der Waals surface area contributed by atoms with Crippen molar-refractivity contribution >= 4 is 33.2 Å². The summed E-state index contributed by atoms with van der Waals surface area (Å²) < 4.78 is 2.19. The van der Waals surface area contributed by atoms with Gasteiger partial charge in [-0.15, -0.1) is 16.4 Å². The van der Waals surface area contributed by atoms with Gasteiger partial charge in [-0.1, -0.05) is 11.6 Å². The van der Waals surface area contributed by atoms with Crippen LogP contribution in [-0.2, 0) is 6.54 Å². The van der Waals surface area contributed by atoms with Crippen LogP contribution < -0.4 is 5.56 Å². The lowest BCUT2D eigenvalue weighted by Gasteiger charge is -2.04. The minimum atomic E-state index is -0.0557. The SMILES string of the molecule is Cc1csc2c(=O)n(Cc3ccc(Cl)nn3)cnc12. The van der Waals surface area contributed by atoms with Crippen molar-refractivity contribution < 1.29 is 0 Å². The molecule has 3 aromatic rings. The Morgan fingerprint density at radius 3 is 2.95 bits per heavy atom. The normalized spacial score (nSPS) is 11.1. The van der Waals surface area contributed by atoms with Gasteiger partial charge >= 0.3 is 0 Å². The van der Waals surface area contributed by atoms with E-state index < -0.39 is 0 Å². The molecule has 19 heavy (non-hydrogen) atoms. The van der Waals surface area contributed by atoms with E-state index in [1.807, 2.05) is 12.3 Å². The molecule has 0 aliphatic rings. The van der Waals surface area contributed by atoms with E-state index in [-0.39, 0.29) is 5.56 Å². The van der Waals surface area contributed by atoms with Crippen LogP contribution in [0.1, 0.15) is 11.3 Å². The van der Waals surface area contributed by atoms with Gasteiger partial charge in [0.05, 0.1) is 24.1 Å². The highest BCUT2D eigenvalue weighted by Gasteiger charge is 2.09. The first-order valence-corrected chi connectivity index (χ1v) is 6.82. The lowest BCUT2D eigenvalue weighted by atomic mass is 10.3. The van der Waals surface area contributed by atoms with Gasteiger partial charge in [-0.05, 0) is 30.0 Å². The summed E-state index contributed by atoms with van der Waals surface area (Å²) in [5.74, 6) is 0. The standard InChI is InChI=1S/C12H9ClN4OS/c1-7-5-19-11-10(7)14-6-17(12(11)18)4-8-2-3-9(13)16-15-8/h2-3,5-6H,4H2,1H3. The van der Waals surface area contributed by atoms with Gasteiger partial charge in [-0.3, -0.25) is 9.36 Å². The molecule has 5 nitrogen and oxygen atoms in total. The molecule has 0 saturated carbocycles. The van der Waals surface area contributed by atoms with Crippen molar-refractivity contribution in [3.8, 4) is 0 Å². The third-order valence-corrected chi connectivity index (χ3v) is 4.02. The van der Waals surface area contributed by atoms with Crippen molar-refractivity contribution in [3.63, 3.8) is 0 Å². The topological polar surface area (TPSA) is 60.7 Å². The van der Waals surface area contributed by atoms with Crippen LogP contribution in [0.15, 0.2) is 28.6 Å². The Morgan fingerprint density at radius 1 is 1.37 bits per heavy atom. The van der Waals surface area contributed by atoms with Crippen LogP contribution in [0.4, 0.5) is 0 Å². The van der Waals surface area contributed by atoms with E-state index >= 15 is 0 Å². The van der Waals surface area contributed by atoms with E-state index in [2.05, 4.69) is 15.2 Å². The van der Waals surface area contributed by atoms with Gasteiger partial charge in [0.2, 0.25) is 0 Å². The van der Waals surface area contributed by atoms with Gasteiger partial charge in [0.15, 0.2) is 5.15 Å². The molecule has 96 valence electrons. The van der Waals surface area contributed by atoms with E-state index in [1.54, 1.807) is 18.5 Å². The smallest absolute Gasteiger partial charge is 0.271 e. The van der Waals surface area contributed by atoms with E-state index in [4.69, 9.17) is 11.6 Å². The highest BCUT2D eigenvalue weighted by molar-refractivity contribution is 7.17. The van der Waals surface area contributed by atoms with Gasteiger partial charge in [0.1, 0.15) is 4.70 Å². The van der Waals surface area contributed by atoms with Gasteiger partial charge in [-0.25, -0.2) is 4.98 Å². The summed E-state index contributed by atoms with van der Waals surface area (Å²) in [6, 6.07) is 3.39. The van der Waals surface area contributed by atoms with Crippen LogP contribution in [0.3, 0.4) is 0 Å². The average molecular weight is 293 g/mol. The van der Waals surface area contributed by atoms with Crippen LogP contribution in [0.5, 0.6) is 0 Å². The number of halogens is 1. The highest BCUT2D eigenvalue weighted by Crippen LogP contribution is 2.19. The Hall–Kier alpha value is -1.79. The van der Waals surface area contributed by atoms with E-state index in [9.17, 15) is 4.79 Å². The van der Waals surface area contributed by atoms with Gasteiger partial charge in [-0.2, -0.15) is 5.10 Å². The number of fused-ring (bicyclic) bond motifs is 1. The molecule has 0 aliphatic carbocycles. The molecule has 3 rings (SSSR count). The number of hydrogen-bond acceptors (Lipinski definition) is 5. The Morgan fingerprint density at radius 2 is 2.21 bits per heavy atom. The van der Waals surface area contributed by atoms with Gasteiger partial charge in [0, 0.05) is 0 Å². The first-order valence-electron chi connectivity index (χ1n) is 5.56. The number of hydrogen-bond donors (Lipinski definition) is 0. The van der Waals surface area contributed by atoms with Crippen molar-refractivity contribution in [1.82, 2.24) is 19.7 Å². The maximum atomic E-state index is 12.3. The minimum Gasteiger partial charge on any atom is -0.292 e. The Kier molecular flexibility index (Phi) is 3.04. The molecule has 0 aliphatic heterocycles. The van der Waals surface area contributed by atoms with Crippen molar-refractivity contribution in [2.75, 3.05) is 0 Å². The summed E-state index contributed by atoms with van der Waals surface area (Å²) >= 11 is 7.09. The fourth-order valence-electron chi connectivity index (χ4n) is 1.78. The molecule has 0 unspecified atom stereocenters. The number of rotatable bonds is 2. The Bertz CT molecular complexity index is 794. The Balaban J connectivity index is 2.04. The summed E-state index contributed by atoms with van der Waals surface area (Å²) in [7, 11) is 0. The van der Waals surface area contributed by atoms with Crippen molar-refractivity contribution in [2.24, 2.45) is 0 Å². The first kappa shape index (κ1) is 12.3. The first-order chi connectivity index (χ1) is 9.15. The maximum absolute atomic E-state index is 12.3. The number of thiophene rings is 1. The molecular weight excluding hydrogens is 284 g/mol. The minimum absolute atomic E-state index is 0.0557. The second-order valence-corrected chi connectivity index (χ2v) is 5.39. The molecule has 0 aromatic carbocycles. The second kappa shape index (κ2) is 4.71. The molecule has 0 N–H and O–H groups in total. The number of aryl methyl sites for hydroxylation is 1. The van der Waals surface area contributed by atoms with Crippen LogP contribution in [-0.4, -0.2) is 19.7 Å². The van der Waals surface area contributed by atoms with Crippen molar-refractivity contribution in [1.29, 1.82) is 0 Å². The lowest BCUT2D eigenvalue weighted by Crippen LogP contribution is -2.21. The fraction of sp³-hybridized carbons (Fsp3) is 0.167. The van der Waals surface area contributed by atoms with Gasteiger partial charge < -0.3 is 0 Å². The molecule has 0 spiro atoms. The summed E-state index contributed by atoms with van der Waals surface area (Å²) in [6.45, 7) is 2.28. The van der Waals surface area contributed by atoms with Crippen LogP contribution in [0, 0.1) is 6.92 Å². The van der Waals surface area contributed by atoms with Crippen LogP contribution >= 0.6 is 22.9 Å². The molecule has 0 amide bonds. The van der Waals surface area contributed by atoms with Gasteiger partial charge in [0.25, 0.3) is 5.56 Å². The summed E-state index contributed by atoms with van der Waals surface area (Å²) in [4.78, 5) is 16.6. The molecule has 0 bridgehead atoms. The summed E-state index contributed by atoms with van der Waals surface area (Å²) in [5, 5.41) is 9.96. The largest absolute Gasteiger partial charge is 0.292 e. The van der Waals surface area contributed by atoms with Crippen LogP contribution in [0.25, 0.3) is 10.2 Å². The van der Waals surface area contributed by atoms with E-state index in [0.717, 1.165) is 11.1 Å². The molecular formula is C12H9ClN4OS. The van der Waals surface area contributed by atoms with Crippen molar-refractivity contribution in [2.45, 2.75) is 13.5 Å². The summed E-state index contributed by atoms with van der Waals surface area (Å²) in [5.41, 5.74) is 2.41. The third-order valence-electron chi connectivity index (χ3n) is 2.74. The Labute approximate surface area is 117 Å². The molecule has 0 fully saturated rings. The zero-order chi connectivity index (χ0) is 13.4. The summed E-state index contributed by atoms with van der Waals surface area (Å²) in [6.07, 6.45) is 1.54. The van der Waals surface area contributed by atoms with E-state index in [0.29, 0.717) is 22.1 Å². The second-order valence-electron chi connectivity index (χ2n) is 4.12. The van der Waals surface area contributed by atoms with Crippen molar-refractivity contribution in [3.05, 3.63) is 50.6 Å². The lowest BCUT2D eigenvalue weighted by molar-refractivity contribution is 0.716. The predicted octanol–water partition coefficient (Wildman–Crippen LogP) is 2.26. The number of nitrogens with zero attached hydrogens (tertiary/aromatic N) is 4. The predicted molar refractivity (Wildman–Crippen MR) is 74.8 cm³/mol. The fourth-order valence-corrected chi connectivity index (χ4v) is 2.83. The maximum Gasteiger partial charge on any atom is 0.271 e. The quantitative estimate of drug-likeness (QED) is 0.727. The van der Waals surface area contributed by atoms with E-state index in [1.165, 1.54) is 15.9 Å². The molecule has 3 aromatic heterocycles. The number of aromatic nitrogens is 4. The highest BCUT2D eigenvalue weighted by atomic mass is 35.5. The van der Waals surface area contributed by atoms with Crippen LogP contribution in [0.2, 0.25) is 5.15 Å². The molecule has 0 saturated heterocycles. The molecule has 0 atom stereocenters. The average Bonchev–Trinajstić information content (AvgIpc) is 2.78. The third kappa shape index (κ3) is 2.24. The zero-order valence-electron chi connectivity index (χ0n) is 10.00. The molecule has 3 heterocycles. The zero-order valence-corrected chi connectivity index (χ0v) is 11.6. The monoisotopic (exact) mass is 292 g/mol. The molecule has 7 heteroatoms. The molecule has 0 radical (unpaired) electrons.